The third-order valence-electron chi connectivity index (χ3n) is 4.72. The zero-order chi connectivity index (χ0) is 22.4. The van der Waals surface area contributed by atoms with Crippen LogP contribution in [0.5, 0.6) is 0 Å². The normalized spacial score (nSPS) is 11.5. The van der Waals surface area contributed by atoms with Crippen LogP contribution < -0.4 is 5.32 Å². The van der Waals surface area contributed by atoms with Gasteiger partial charge in [0.2, 0.25) is 0 Å². The molecule has 156 valence electrons. The van der Waals surface area contributed by atoms with E-state index in [4.69, 9.17) is 10.4 Å². The molecule has 2 aromatic rings. The van der Waals surface area contributed by atoms with Crippen LogP contribution in [0.1, 0.15) is 46.5 Å². The molecule has 2 rings (SSSR count). The number of aromatic carboxylic acids is 1. The van der Waals surface area contributed by atoms with Gasteiger partial charge < -0.3 is 10.4 Å². The minimum atomic E-state index is -0.982. The van der Waals surface area contributed by atoms with Gasteiger partial charge in [-0.05, 0) is 60.2 Å². The molecule has 0 heterocycles. The maximum atomic E-state index is 12.7. The van der Waals surface area contributed by atoms with Crippen LogP contribution in [0.25, 0.3) is 11.1 Å². The van der Waals surface area contributed by atoms with Crippen molar-refractivity contribution in [1.82, 2.24) is 10.2 Å². The highest BCUT2D eigenvalue weighted by Crippen LogP contribution is 2.25. The summed E-state index contributed by atoms with van der Waals surface area (Å²) in [5, 5.41) is 20.8. The number of nitrogens with one attached hydrogen (secondary N) is 1. The third-order valence-corrected chi connectivity index (χ3v) is 4.72. The number of carbonyl (C=O) groups is 3. The molecule has 0 bridgehead atoms. The summed E-state index contributed by atoms with van der Waals surface area (Å²) >= 11 is 0. The molecule has 0 unspecified atom stereocenters. The molecule has 0 spiro atoms. The predicted molar refractivity (Wildman–Crippen MR) is 113 cm³/mol. The van der Waals surface area contributed by atoms with E-state index in [0.717, 1.165) is 21.6 Å². The van der Waals surface area contributed by atoms with Gasteiger partial charge >= 0.3 is 5.97 Å². The second-order valence-electron chi connectivity index (χ2n) is 7.57. The van der Waals surface area contributed by atoms with Crippen molar-refractivity contribution < 1.29 is 19.5 Å². The fourth-order valence-corrected chi connectivity index (χ4v) is 3.14. The number of carboxylic acids is 1. The minimum Gasteiger partial charge on any atom is -0.478 e. The average molecular weight is 407 g/mol. The van der Waals surface area contributed by atoms with Crippen molar-refractivity contribution in [2.45, 2.75) is 33.2 Å². The van der Waals surface area contributed by atoms with Crippen LogP contribution in [0.3, 0.4) is 0 Å². The standard InChI is InChI=1S/C23H25N3O4/c1-14(2)11-20(22(28)26(4)13-24)25-21(27)17-7-5-16(6-8-17)19-10-9-18(23(29)30)12-15(19)3/h5-10,12,14,20H,11H2,1-4H3,(H,25,27)(H,29,30)/t20-/m0/s1. The number of carboxylic acid groups (broad SMARTS) is 1. The quantitative estimate of drug-likeness (QED) is 0.539. The molecular weight excluding hydrogens is 382 g/mol. The van der Waals surface area contributed by atoms with Crippen molar-refractivity contribution in [3.05, 3.63) is 59.2 Å². The Kier molecular flexibility index (Phi) is 7.32. The van der Waals surface area contributed by atoms with E-state index in [9.17, 15) is 14.4 Å². The van der Waals surface area contributed by atoms with E-state index in [1.807, 2.05) is 20.8 Å². The molecule has 0 aromatic heterocycles. The summed E-state index contributed by atoms with van der Waals surface area (Å²) in [5.74, 6) is -1.68. The Morgan fingerprint density at radius 1 is 1.10 bits per heavy atom. The lowest BCUT2D eigenvalue weighted by Gasteiger charge is -2.21. The van der Waals surface area contributed by atoms with E-state index in [-0.39, 0.29) is 11.5 Å². The number of benzene rings is 2. The first-order valence-electron chi connectivity index (χ1n) is 9.56. The number of hydrogen-bond donors (Lipinski definition) is 2. The van der Waals surface area contributed by atoms with Gasteiger partial charge in [-0.3, -0.25) is 14.5 Å². The number of carbonyl (C=O) groups excluding carboxylic acids is 2. The zero-order valence-corrected chi connectivity index (χ0v) is 17.5. The average Bonchev–Trinajstić information content (AvgIpc) is 2.71. The van der Waals surface area contributed by atoms with Crippen molar-refractivity contribution in [1.29, 1.82) is 5.26 Å². The van der Waals surface area contributed by atoms with Crippen molar-refractivity contribution >= 4 is 17.8 Å². The molecule has 0 aliphatic rings. The summed E-state index contributed by atoms with van der Waals surface area (Å²) in [6.45, 7) is 5.70. The second-order valence-corrected chi connectivity index (χ2v) is 7.57. The molecule has 2 amide bonds. The van der Waals surface area contributed by atoms with Gasteiger partial charge in [0.25, 0.3) is 11.8 Å². The largest absolute Gasteiger partial charge is 0.478 e. The highest BCUT2D eigenvalue weighted by Gasteiger charge is 2.25. The Balaban J connectivity index is 2.20. The van der Waals surface area contributed by atoms with Gasteiger partial charge in [-0.15, -0.1) is 0 Å². The molecule has 0 fully saturated rings. The summed E-state index contributed by atoms with van der Waals surface area (Å²) in [4.78, 5) is 37.0. The Hall–Kier alpha value is -3.66. The van der Waals surface area contributed by atoms with Crippen LogP contribution >= 0.6 is 0 Å². The maximum absolute atomic E-state index is 12.7. The molecule has 30 heavy (non-hydrogen) atoms. The van der Waals surface area contributed by atoms with E-state index < -0.39 is 23.8 Å². The number of hydrogen-bond acceptors (Lipinski definition) is 4. The van der Waals surface area contributed by atoms with Crippen LogP contribution in [0.2, 0.25) is 0 Å². The summed E-state index contributed by atoms with van der Waals surface area (Å²) in [6, 6.07) is 11.0. The number of nitrogens with zero attached hydrogens (tertiary/aromatic N) is 2. The topological polar surface area (TPSA) is 110 Å². The number of nitriles is 1. The Morgan fingerprint density at radius 2 is 1.70 bits per heavy atom. The van der Waals surface area contributed by atoms with Crippen LogP contribution in [0.4, 0.5) is 0 Å². The van der Waals surface area contributed by atoms with Gasteiger partial charge in [-0.2, -0.15) is 5.26 Å². The van der Waals surface area contributed by atoms with Gasteiger partial charge in [0.1, 0.15) is 6.04 Å². The molecule has 1 atom stereocenters. The Morgan fingerprint density at radius 3 is 2.20 bits per heavy atom. The molecule has 0 radical (unpaired) electrons. The molecule has 7 heteroatoms. The van der Waals surface area contributed by atoms with Gasteiger partial charge in [0.05, 0.1) is 5.56 Å². The van der Waals surface area contributed by atoms with Crippen molar-refractivity contribution in [2.75, 3.05) is 7.05 Å². The van der Waals surface area contributed by atoms with E-state index in [1.165, 1.54) is 7.05 Å². The summed E-state index contributed by atoms with van der Waals surface area (Å²) in [6.07, 6.45) is 2.19. The van der Waals surface area contributed by atoms with Crippen LogP contribution in [0, 0.1) is 24.3 Å². The monoisotopic (exact) mass is 407 g/mol. The molecule has 0 saturated carbocycles. The zero-order valence-electron chi connectivity index (χ0n) is 17.5. The van der Waals surface area contributed by atoms with E-state index >= 15 is 0 Å². The molecule has 7 nitrogen and oxygen atoms in total. The SMILES string of the molecule is Cc1cc(C(=O)O)ccc1-c1ccc(C(=O)N[C@@H](CC(C)C)C(=O)N(C)C#N)cc1. The van der Waals surface area contributed by atoms with Gasteiger partial charge in [-0.1, -0.05) is 32.0 Å². The lowest BCUT2D eigenvalue weighted by molar-refractivity contribution is -0.129. The van der Waals surface area contributed by atoms with E-state index in [0.29, 0.717) is 12.0 Å². The summed E-state index contributed by atoms with van der Waals surface area (Å²) in [5.41, 5.74) is 3.14. The Labute approximate surface area is 175 Å². The number of likely N-dealkylation sites (N-methyl/N-ethyl adjacent to an activating group) is 1. The van der Waals surface area contributed by atoms with Crippen LogP contribution in [-0.2, 0) is 4.79 Å². The van der Waals surface area contributed by atoms with Crippen LogP contribution in [-0.4, -0.2) is 40.9 Å². The highest BCUT2D eigenvalue weighted by atomic mass is 16.4. The molecule has 0 aliphatic carbocycles. The Bertz CT molecular complexity index is 990. The fourth-order valence-electron chi connectivity index (χ4n) is 3.14. The first-order chi connectivity index (χ1) is 14.1. The maximum Gasteiger partial charge on any atom is 0.335 e. The lowest BCUT2D eigenvalue weighted by atomic mass is 9.97. The molecular formula is C23H25N3O4. The molecule has 0 saturated heterocycles. The summed E-state index contributed by atoms with van der Waals surface area (Å²) in [7, 11) is 1.37. The fraction of sp³-hybridized carbons (Fsp3) is 0.304. The highest BCUT2D eigenvalue weighted by molar-refractivity contribution is 5.98. The smallest absolute Gasteiger partial charge is 0.335 e. The van der Waals surface area contributed by atoms with Crippen LogP contribution in [0.15, 0.2) is 42.5 Å². The molecule has 2 aromatic carbocycles. The van der Waals surface area contributed by atoms with Crippen molar-refractivity contribution in [3.63, 3.8) is 0 Å². The predicted octanol–water partition coefficient (Wildman–Crippen LogP) is 3.44. The second kappa shape index (κ2) is 9.70. The van der Waals surface area contributed by atoms with E-state index in [1.54, 1.807) is 48.7 Å². The molecule has 2 N–H and O–H groups in total. The first-order valence-corrected chi connectivity index (χ1v) is 9.56. The number of rotatable bonds is 7. The van der Waals surface area contributed by atoms with Gasteiger partial charge in [-0.25, -0.2) is 4.79 Å². The third kappa shape index (κ3) is 5.45. The van der Waals surface area contributed by atoms with Crippen molar-refractivity contribution in [2.24, 2.45) is 5.92 Å². The van der Waals surface area contributed by atoms with Gasteiger partial charge in [0.15, 0.2) is 6.19 Å². The summed E-state index contributed by atoms with van der Waals surface area (Å²) < 4.78 is 0. The van der Waals surface area contributed by atoms with E-state index in [2.05, 4.69) is 5.32 Å². The lowest BCUT2D eigenvalue weighted by Crippen LogP contribution is -2.46. The van der Waals surface area contributed by atoms with Gasteiger partial charge in [0, 0.05) is 12.6 Å². The number of aryl methyl sites for hydroxylation is 1. The molecule has 0 aliphatic heterocycles. The first kappa shape index (κ1) is 22.6. The minimum absolute atomic E-state index is 0.158. The number of amides is 2. The van der Waals surface area contributed by atoms with Crippen molar-refractivity contribution in [3.8, 4) is 17.3 Å².